The third kappa shape index (κ3) is 2.77. The van der Waals surface area contributed by atoms with Gasteiger partial charge in [0.1, 0.15) is 11.8 Å². The summed E-state index contributed by atoms with van der Waals surface area (Å²) in [5.74, 6) is 0.0255. The monoisotopic (exact) mass is 251 g/mol. The highest BCUT2D eigenvalue weighted by atomic mass is 16.3. The molecule has 0 spiro atoms. The fraction of sp³-hybridized carbons (Fsp3) is 0.235. The van der Waals surface area contributed by atoms with Gasteiger partial charge in [-0.3, -0.25) is 0 Å². The largest absolute Gasteiger partial charge is 0.507 e. The first-order valence-corrected chi connectivity index (χ1v) is 6.26. The fourth-order valence-electron chi connectivity index (χ4n) is 1.97. The highest BCUT2D eigenvalue weighted by molar-refractivity contribution is 5.67. The van der Waals surface area contributed by atoms with Crippen molar-refractivity contribution < 1.29 is 5.11 Å². The third-order valence-corrected chi connectivity index (χ3v) is 3.20. The lowest BCUT2D eigenvalue weighted by atomic mass is 9.86. The number of phenols is 1. The number of aromatic hydroxyl groups is 1. The Kier molecular flexibility index (Phi) is 3.31. The summed E-state index contributed by atoms with van der Waals surface area (Å²) in [5, 5.41) is 18.4. The van der Waals surface area contributed by atoms with Crippen molar-refractivity contribution in [1.29, 1.82) is 5.26 Å². The van der Waals surface area contributed by atoms with Gasteiger partial charge in [-0.2, -0.15) is 5.26 Å². The molecule has 96 valence electrons. The first kappa shape index (κ1) is 13.2. The minimum Gasteiger partial charge on any atom is -0.507 e. The average Bonchev–Trinajstić information content (AvgIpc) is 2.38. The lowest BCUT2D eigenvalue weighted by Gasteiger charge is -2.19. The van der Waals surface area contributed by atoms with Gasteiger partial charge in [0.05, 0.1) is 5.56 Å². The number of rotatable bonds is 1. The molecule has 1 N–H and O–H groups in total. The second kappa shape index (κ2) is 4.78. The van der Waals surface area contributed by atoms with Crippen molar-refractivity contribution in [3.8, 4) is 22.9 Å². The minimum atomic E-state index is 0.0255. The molecule has 0 aliphatic rings. The second-order valence-corrected chi connectivity index (χ2v) is 5.67. The van der Waals surface area contributed by atoms with Crippen LogP contribution in [0.1, 0.15) is 31.9 Å². The maximum Gasteiger partial charge on any atom is 0.133 e. The standard InChI is InChI=1S/C17H17NO/c1-17(2,3)15-7-4-12(5-8-15)13-6-9-16(19)14(10-13)11-18/h4-10,19H,1-3H3. The molecule has 0 unspecified atom stereocenters. The van der Waals surface area contributed by atoms with Gasteiger partial charge < -0.3 is 5.11 Å². The number of phenolic OH excluding ortho intramolecular Hbond substituents is 1. The predicted molar refractivity (Wildman–Crippen MR) is 77.0 cm³/mol. The topological polar surface area (TPSA) is 44.0 Å². The Labute approximate surface area is 114 Å². The molecule has 0 aromatic heterocycles. The zero-order valence-corrected chi connectivity index (χ0v) is 11.4. The first-order chi connectivity index (χ1) is 8.91. The molecule has 0 saturated carbocycles. The number of hydrogen-bond acceptors (Lipinski definition) is 2. The Balaban J connectivity index is 2.41. The zero-order valence-electron chi connectivity index (χ0n) is 11.4. The van der Waals surface area contributed by atoms with Gasteiger partial charge in [0.25, 0.3) is 0 Å². The van der Waals surface area contributed by atoms with E-state index < -0.39 is 0 Å². The molecule has 2 nitrogen and oxygen atoms in total. The second-order valence-electron chi connectivity index (χ2n) is 5.67. The molecule has 2 heteroatoms. The summed E-state index contributed by atoms with van der Waals surface area (Å²) in [4.78, 5) is 0. The van der Waals surface area contributed by atoms with Crippen molar-refractivity contribution in [1.82, 2.24) is 0 Å². The van der Waals surface area contributed by atoms with Crippen LogP contribution in [0.5, 0.6) is 5.75 Å². The van der Waals surface area contributed by atoms with Crippen LogP contribution in [0, 0.1) is 11.3 Å². The van der Waals surface area contributed by atoms with Crippen LogP contribution in [0.15, 0.2) is 42.5 Å². The van der Waals surface area contributed by atoms with E-state index in [9.17, 15) is 5.11 Å². The lowest BCUT2D eigenvalue weighted by Crippen LogP contribution is -2.10. The van der Waals surface area contributed by atoms with Crippen molar-refractivity contribution in [3.05, 3.63) is 53.6 Å². The van der Waals surface area contributed by atoms with E-state index in [1.807, 2.05) is 24.3 Å². The van der Waals surface area contributed by atoms with Crippen LogP contribution < -0.4 is 0 Å². The van der Waals surface area contributed by atoms with Gasteiger partial charge in [0.15, 0.2) is 0 Å². The minimum absolute atomic E-state index is 0.0255. The van der Waals surface area contributed by atoms with E-state index in [4.69, 9.17) is 5.26 Å². The van der Waals surface area contributed by atoms with E-state index in [2.05, 4.69) is 32.9 Å². The molecule has 2 aromatic rings. The van der Waals surface area contributed by atoms with Crippen LogP contribution in [0.4, 0.5) is 0 Å². The molecule has 0 aliphatic heterocycles. The van der Waals surface area contributed by atoms with Crippen molar-refractivity contribution in [2.45, 2.75) is 26.2 Å². The number of hydrogen-bond donors (Lipinski definition) is 1. The van der Waals surface area contributed by atoms with E-state index in [1.165, 1.54) is 5.56 Å². The van der Waals surface area contributed by atoms with Crippen molar-refractivity contribution in [3.63, 3.8) is 0 Å². The van der Waals surface area contributed by atoms with E-state index in [-0.39, 0.29) is 11.2 Å². The van der Waals surface area contributed by atoms with Gasteiger partial charge in [-0.1, -0.05) is 51.1 Å². The molecule has 0 fully saturated rings. The van der Waals surface area contributed by atoms with E-state index in [0.29, 0.717) is 5.56 Å². The van der Waals surface area contributed by atoms with Crippen LogP contribution in [0.25, 0.3) is 11.1 Å². The summed E-state index contributed by atoms with van der Waals surface area (Å²) >= 11 is 0. The van der Waals surface area contributed by atoms with Crippen LogP contribution in [-0.4, -0.2) is 5.11 Å². The zero-order chi connectivity index (χ0) is 14.0. The van der Waals surface area contributed by atoms with Crippen LogP contribution in [0.3, 0.4) is 0 Å². The number of nitriles is 1. The van der Waals surface area contributed by atoms with Crippen molar-refractivity contribution in [2.75, 3.05) is 0 Å². The van der Waals surface area contributed by atoms with E-state index >= 15 is 0 Å². The summed E-state index contributed by atoms with van der Waals surface area (Å²) in [6, 6.07) is 15.4. The van der Waals surface area contributed by atoms with Crippen molar-refractivity contribution >= 4 is 0 Å². The lowest BCUT2D eigenvalue weighted by molar-refractivity contribution is 0.473. The normalized spacial score (nSPS) is 11.1. The molecule has 0 radical (unpaired) electrons. The molecular formula is C17H17NO. The summed E-state index contributed by atoms with van der Waals surface area (Å²) in [5.41, 5.74) is 3.69. The summed E-state index contributed by atoms with van der Waals surface area (Å²) in [6.45, 7) is 6.53. The molecule has 0 aliphatic carbocycles. The van der Waals surface area contributed by atoms with Gasteiger partial charge in [0.2, 0.25) is 0 Å². The molecular weight excluding hydrogens is 234 g/mol. The molecule has 2 rings (SSSR count). The quantitative estimate of drug-likeness (QED) is 0.824. The van der Waals surface area contributed by atoms with Gasteiger partial charge >= 0.3 is 0 Å². The SMILES string of the molecule is CC(C)(C)c1ccc(-c2ccc(O)c(C#N)c2)cc1. The van der Waals surface area contributed by atoms with E-state index in [0.717, 1.165) is 11.1 Å². The maximum atomic E-state index is 9.51. The van der Waals surface area contributed by atoms with Gasteiger partial charge in [0, 0.05) is 0 Å². The maximum absolute atomic E-state index is 9.51. The molecule has 2 aromatic carbocycles. The molecule has 0 heterocycles. The fourth-order valence-corrected chi connectivity index (χ4v) is 1.97. The summed E-state index contributed by atoms with van der Waals surface area (Å²) < 4.78 is 0. The third-order valence-electron chi connectivity index (χ3n) is 3.20. The van der Waals surface area contributed by atoms with Gasteiger partial charge in [-0.05, 0) is 34.2 Å². The van der Waals surface area contributed by atoms with Crippen LogP contribution in [0.2, 0.25) is 0 Å². The van der Waals surface area contributed by atoms with E-state index in [1.54, 1.807) is 12.1 Å². The van der Waals surface area contributed by atoms with Crippen molar-refractivity contribution in [2.24, 2.45) is 0 Å². The van der Waals surface area contributed by atoms with Crippen LogP contribution >= 0.6 is 0 Å². The average molecular weight is 251 g/mol. The molecule has 0 saturated heterocycles. The summed E-state index contributed by atoms with van der Waals surface area (Å²) in [6.07, 6.45) is 0. The highest BCUT2D eigenvalue weighted by Gasteiger charge is 2.13. The highest BCUT2D eigenvalue weighted by Crippen LogP contribution is 2.28. The molecule has 0 atom stereocenters. The van der Waals surface area contributed by atoms with Gasteiger partial charge in [-0.15, -0.1) is 0 Å². The number of nitrogens with zero attached hydrogens (tertiary/aromatic N) is 1. The molecule has 0 amide bonds. The Hall–Kier alpha value is -2.27. The Morgan fingerprint density at radius 1 is 0.947 bits per heavy atom. The van der Waals surface area contributed by atoms with Gasteiger partial charge in [-0.25, -0.2) is 0 Å². The van der Waals surface area contributed by atoms with Crippen LogP contribution in [-0.2, 0) is 5.41 Å². The smallest absolute Gasteiger partial charge is 0.133 e. The number of benzene rings is 2. The molecule has 0 bridgehead atoms. The first-order valence-electron chi connectivity index (χ1n) is 6.26. The predicted octanol–water partition coefficient (Wildman–Crippen LogP) is 4.23. The Bertz CT molecular complexity index is 628. The summed E-state index contributed by atoms with van der Waals surface area (Å²) in [7, 11) is 0. The molecule has 19 heavy (non-hydrogen) atoms. The Morgan fingerprint density at radius 2 is 1.53 bits per heavy atom. The Morgan fingerprint density at radius 3 is 2.05 bits per heavy atom.